The highest BCUT2D eigenvalue weighted by molar-refractivity contribution is 6.30. The number of nitro groups is 1. The smallest absolute Gasteiger partial charge is 0.313 e. The normalized spacial score (nSPS) is 11.8. The van der Waals surface area contributed by atoms with Crippen LogP contribution < -0.4 is 10.1 Å². The van der Waals surface area contributed by atoms with Gasteiger partial charge in [0.2, 0.25) is 0 Å². The summed E-state index contributed by atoms with van der Waals surface area (Å²) in [5.41, 5.74) is 0.206. The number of aliphatic hydroxyl groups is 1. The highest BCUT2D eigenvalue weighted by Gasteiger charge is 2.21. The van der Waals surface area contributed by atoms with Crippen LogP contribution >= 0.6 is 11.6 Å². The first-order valence-corrected chi connectivity index (χ1v) is 6.98. The minimum atomic E-state index is -0.815. The Morgan fingerprint density at radius 1 is 1.39 bits per heavy atom. The Morgan fingerprint density at radius 3 is 2.57 bits per heavy atom. The summed E-state index contributed by atoms with van der Waals surface area (Å²) in [7, 11) is 1.26. The van der Waals surface area contributed by atoms with Crippen molar-refractivity contribution in [3.05, 3.63) is 62.9 Å². The van der Waals surface area contributed by atoms with Crippen LogP contribution in [0.1, 0.15) is 11.6 Å². The van der Waals surface area contributed by atoms with Gasteiger partial charge in [-0.3, -0.25) is 10.1 Å². The average molecular weight is 341 g/mol. The predicted molar refractivity (Wildman–Crippen MR) is 84.5 cm³/mol. The van der Waals surface area contributed by atoms with Crippen molar-refractivity contribution >= 4 is 23.0 Å². The van der Waals surface area contributed by atoms with Gasteiger partial charge in [-0.2, -0.15) is 0 Å². The lowest BCUT2D eigenvalue weighted by molar-refractivity contribution is -0.385. The molecule has 0 aliphatic carbocycles. The first-order chi connectivity index (χ1) is 11.0. The summed E-state index contributed by atoms with van der Waals surface area (Å²) < 4.78 is 19.0. The predicted octanol–water partition coefficient (Wildman–Crippen LogP) is 3.54. The number of ether oxygens (including phenoxy) is 1. The summed E-state index contributed by atoms with van der Waals surface area (Å²) in [5, 5.41) is 23.7. The standard InChI is InChI=1S/C15H14ClFN2O4/c1-23-15-7-12(11(17)6-14(15)19(21)22)18-13(8-20)9-2-4-10(16)5-3-9/h2-7,13,18,20H,8H2,1H3. The van der Waals surface area contributed by atoms with Gasteiger partial charge in [-0.25, -0.2) is 4.39 Å². The van der Waals surface area contributed by atoms with E-state index in [9.17, 15) is 19.6 Å². The quantitative estimate of drug-likeness (QED) is 0.620. The minimum Gasteiger partial charge on any atom is -0.490 e. The van der Waals surface area contributed by atoms with Gasteiger partial charge in [0.15, 0.2) is 11.6 Å². The van der Waals surface area contributed by atoms with E-state index in [1.54, 1.807) is 24.3 Å². The third kappa shape index (κ3) is 3.88. The van der Waals surface area contributed by atoms with Gasteiger partial charge in [-0.1, -0.05) is 23.7 Å². The fourth-order valence-electron chi connectivity index (χ4n) is 2.08. The average Bonchev–Trinajstić information content (AvgIpc) is 2.54. The molecule has 1 atom stereocenters. The Bertz CT molecular complexity index is 709. The molecule has 2 N–H and O–H groups in total. The molecule has 0 spiro atoms. The summed E-state index contributed by atoms with van der Waals surface area (Å²) in [4.78, 5) is 10.1. The summed E-state index contributed by atoms with van der Waals surface area (Å²) in [6.45, 7) is -0.305. The molecule has 6 nitrogen and oxygen atoms in total. The Labute approximate surface area is 136 Å². The monoisotopic (exact) mass is 340 g/mol. The number of hydrogen-bond acceptors (Lipinski definition) is 5. The SMILES string of the molecule is COc1cc(NC(CO)c2ccc(Cl)cc2)c(F)cc1[N+](=O)[O-]. The number of nitro benzene ring substituents is 1. The molecule has 0 saturated heterocycles. The second-order valence-corrected chi connectivity index (χ2v) is 5.13. The van der Waals surface area contributed by atoms with Gasteiger partial charge >= 0.3 is 5.69 Å². The molecule has 1 unspecified atom stereocenters. The molecule has 0 bridgehead atoms. The largest absolute Gasteiger partial charge is 0.490 e. The third-order valence-corrected chi connectivity index (χ3v) is 3.50. The van der Waals surface area contributed by atoms with Gasteiger partial charge in [0.1, 0.15) is 0 Å². The van der Waals surface area contributed by atoms with E-state index in [0.29, 0.717) is 10.6 Å². The van der Waals surface area contributed by atoms with E-state index in [4.69, 9.17) is 16.3 Å². The number of benzene rings is 2. The number of nitrogens with one attached hydrogen (secondary N) is 1. The maximum Gasteiger partial charge on any atom is 0.313 e. The van der Waals surface area contributed by atoms with E-state index >= 15 is 0 Å². The summed E-state index contributed by atoms with van der Waals surface area (Å²) in [6.07, 6.45) is 0. The number of aliphatic hydroxyl groups excluding tert-OH is 1. The molecule has 2 aromatic carbocycles. The second kappa shape index (κ2) is 7.26. The van der Waals surface area contributed by atoms with Crippen molar-refractivity contribution in [1.82, 2.24) is 0 Å². The first-order valence-electron chi connectivity index (χ1n) is 6.61. The van der Waals surface area contributed by atoms with Crippen LogP contribution in [0.25, 0.3) is 0 Å². The first kappa shape index (κ1) is 17.0. The molecule has 0 saturated carbocycles. The van der Waals surface area contributed by atoms with Crippen molar-refractivity contribution < 1.29 is 19.2 Å². The maximum absolute atomic E-state index is 14.1. The van der Waals surface area contributed by atoms with Crippen molar-refractivity contribution in [2.45, 2.75) is 6.04 Å². The number of anilines is 1. The number of rotatable bonds is 6. The molecule has 122 valence electrons. The van der Waals surface area contributed by atoms with Gasteiger partial charge in [0, 0.05) is 11.1 Å². The molecule has 0 heterocycles. The van der Waals surface area contributed by atoms with Crippen molar-refractivity contribution in [2.75, 3.05) is 19.0 Å². The molecule has 8 heteroatoms. The topological polar surface area (TPSA) is 84.6 Å². The summed E-state index contributed by atoms with van der Waals surface area (Å²) >= 11 is 5.81. The van der Waals surface area contributed by atoms with Crippen molar-refractivity contribution in [2.24, 2.45) is 0 Å². The number of hydrogen-bond donors (Lipinski definition) is 2. The van der Waals surface area contributed by atoms with Crippen LogP contribution in [-0.4, -0.2) is 23.7 Å². The van der Waals surface area contributed by atoms with Crippen LogP contribution in [0.5, 0.6) is 5.75 Å². The van der Waals surface area contributed by atoms with Crippen molar-refractivity contribution in [3.63, 3.8) is 0 Å². The Hall–Kier alpha value is -2.38. The Morgan fingerprint density at radius 2 is 2.04 bits per heavy atom. The van der Waals surface area contributed by atoms with E-state index in [2.05, 4.69) is 5.32 Å². The van der Waals surface area contributed by atoms with Gasteiger partial charge in [0.25, 0.3) is 0 Å². The highest BCUT2D eigenvalue weighted by Crippen LogP contribution is 2.33. The molecular weight excluding hydrogens is 327 g/mol. The molecule has 0 aliphatic rings. The molecular formula is C15H14ClFN2O4. The Balaban J connectivity index is 2.34. The lowest BCUT2D eigenvalue weighted by atomic mass is 10.1. The van der Waals surface area contributed by atoms with Gasteiger partial charge in [0.05, 0.1) is 36.4 Å². The molecule has 2 rings (SSSR count). The highest BCUT2D eigenvalue weighted by atomic mass is 35.5. The van der Waals surface area contributed by atoms with Crippen LogP contribution in [0, 0.1) is 15.9 Å². The molecule has 23 heavy (non-hydrogen) atoms. The molecule has 0 radical (unpaired) electrons. The van der Waals surface area contributed by atoms with Crippen LogP contribution in [0.3, 0.4) is 0 Å². The fraction of sp³-hybridized carbons (Fsp3) is 0.200. The van der Waals surface area contributed by atoms with Crippen LogP contribution in [-0.2, 0) is 0 Å². The zero-order valence-corrected chi connectivity index (χ0v) is 12.9. The van der Waals surface area contributed by atoms with E-state index in [0.717, 1.165) is 6.07 Å². The maximum atomic E-state index is 14.1. The lowest BCUT2D eigenvalue weighted by Gasteiger charge is -2.19. The van der Waals surface area contributed by atoms with Crippen LogP contribution in [0.4, 0.5) is 15.8 Å². The van der Waals surface area contributed by atoms with E-state index < -0.39 is 22.5 Å². The van der Waals surface area contributed by atoms with Gasteiger partial charge in [-0.05, 0) is 17.7 Å². The fourth-order valence-corrected chi connectivity index (χ4v) is 2.20. The van der Waals surface area contributed by atoms with Gasteiger partial charge < -0.3 is 15.2 Å². The van der Waals surface area contributed by atoms with Crippen LogP contribution in [0.2, 0.25) is 5.02 Å². The molecule has 0 fully saturated rings. The van der Waals surface area contributed by atoms with Crippen molar-refractivity contribution in [1.29, 1.82) is 0 Å². The van der Waals surface area contributed by atoms with E-state index in [-0.39, 0.29) is 18.0 Å². The summed E-state index contributed by atoms with van der Waals surface area (Å²) in [6, 6.07) is 8.03. The molecule has 2 aromatic rings. The second-order valence-electron chi connectivity index (χ2n) is 4.69. The lowest BCUT2D eigenvalue weighted by Crippen LogP contribution is -2.16. The molecule has 0 aromatic heterocycles. The number of halogens is 2. The van der Waals surface area contributed by atoms with Crippen molar-refractivity contribution in [3.8, 4) is 5.75 Å². The number of methoxy groups -OCH3 is 1. The number of nitrogens with zero attached hydrogens (tertiary/aromatic N) is 1. The van der Waals surface area contributed by atoms with Crippen LogP contribution in [0.15, 0.2) is 36.4 Å². The van der Waals surface area contributed by atoms with Gasteiger partial charge in [-0.15, -0.1) is 0 Å². The van der Waals surface area contributed by atoms with E-state index in [1.807, 2.05) is 0 Å². The third-order valence-electron chi connectivity index (χ3n) is 3.25. The Kier molecular flexibility index (Phi) is 5.36. The molecule has 0 amide bonds. The summed E-state index contributed by atoms with van der Waals surface area (Å²) in [5.74, 6) is -0.892. The zero-order chi connectivity index (χ0) is 17.0. The minimum absolute atomic E-state index is 0.0125. The molecule has 0 aliphatic heterocycles. The van der Waals surface area contributed by atoms with E-state index in [1.165, 1.54) is 13.2 Å². The zero-order valence-electron chi connectivity index (χ0n) is 12.1.